The summed E-state index contributed by atoms with van der Waals surface area (Å²) in [5.74, 6) is 1.73. The summed E-state index contributed by atoms with van der Waals surface area (Å²) in [5.41, 5.74) is 0.0267. The molecule has 6 nitrogen and oxygen atoms in total. The Hall–Kier alpha value is -1.40. The Morgan fingerprint density at radius 2 is 2.04 bits per heavy atom. The number of rotatable bonds is 2. The zero-order chi connectivity index (χ0) is 15.7. The lowest BCUT2D eigenvalue weighted by Gasteiger charge is -2.40. The second-order valence-corrected chi connectivity index (χ2v) is 7.12. The third-order valence-electron chi connectivity index (χ3n) is 5.39. The molecule has 1 aromatic rings. The molecule has 3 heterocycles. The number of nitrogens with zero attached hydrogens (tertiary/aromatic N) is 4. The first-order valence-corrected chi connectivity index (χ1v) is 8.89. The number of hydrogen-bond acceptors (Lipinski definition) is 6. The van der Waals surface area contributed by atoms with Gasteiger partial charge in [0.1, 0.15) is 5.82 Å². The first kappa shape index (κ1) is 15.1. The van der Waals surface area contributed by atoms with E-state index >= 15 is 0 Å². The van der Waals surface area contributed by atoms with Gasteiger partial charge in [0.15, 0.2) is 0 Å². The molecule has 0 bridgehead atoms. The summed E-state index contributed by atoms with van der Waals surface area (Å²) >= 11 is 0. The summed E-state index contributed by atoms with van der Waals surface area (Å²) in [4.78, 5) is 13.7. The number of aliphatic hydroxyl groups is 1. The summed E-state index contributed by atoms with van der Waals surface area (Å²) in [6, 6.07) is 1.95. The van der Waals surface area contributed by atoms with Crippen LogP contribution in [0, 0.1) is 0 Å². The molecular weight excluding hydrogens is 292 g/mol. The topological polar surface area (TPSA) is 61.7 Å². The molecule has 4 rings (SSSR count). The summed E-state index contributed by atoms with van der Waals surface area (Å²) < 4.78 is 6.10. The Balaban J connectivity index is 1.51. The molecule has 3 aliphatic rings. The van der Waals surface area contributed by atoms with Crippen LogP contribution in [-0.4, -0.2) is 59.6 Å². The summed E-state index contributed by atoms with van der Waals surface area (Å²) in [6.07, 6.45) is 8.34. The van der Waals surface area contributed by atoms with Gasteiger partial charge in [0.25, 0.3) is 0 Å². The molecule has 2 saturated heterocycles. The third kappa shape index (κ3) is 3.15. The van der Waals surface area contributed by atoms with Crippen LogP contribution in [-0.2, 0) is 4.74 Å². The molecule has 1 aliphatic carbocycles. The highest BCUT2D eigenvalue weighted by atomic mass is 16.5. The fourth-order valence-corrected chi connectivity index (χ4v) is 4.17. The molecular formula is C17H26N4O2. The second kappa shape index (κ2) is 6.24. The molecule has 1 unspecified atom stereocenters. The highest BCUT2D eigenvalue weighted by Crippen LogP contribution is 2.36. The van der Waals surface area contributed by atoms with E-state index in [2.05, 4.69) is 14.8 Å². The van der Waals surface area contributed by atoms with E-state index in [0.717, 1.165) is 63.7 Å². The highest BCUT2D eigenvalue weighted by Gasteiger charge is 2.40. The number of β-amino-alcohol motifs (C(OH)–C–C–N with tert-alkyl or cyclic N) is 1. The number of ether oxygens (including phenoxy) is 1. The van der Waals surface area contributed by atoms with Gasteiger partial charge in [-0.25, -0.2) is 4.98 Å². The number of aromatic nitrogens is 2. The highest BCUT2D eigenvalue weighted by molar-refractivity contribution is 5.44. The minimum Gasteiger partial charge on any atom is -0.391 e. The van der Waals surface area contributed by atoms with Gasteiger partial charge in [-0.05, 0) is 31.7 Å². The van der Waals surface area contributed by atoms with E-state index in [-0.39, 0.29) is 11.7 Å². The summed E-state index contributed by atoms with van der Waals surface area (Å²) in [6.45, 7) is 4.15. The number of hydrogen-bond donors (Lipinski definition) is 1. The molecule has 23 heavy (non-hydrogen) atoms. The molecule has 1 atom stereocenters. The van der Waals surface area contributed by atoms with Gasteiger partial charge in [-0.2, -0.15) is 4.98 Å². The minimum atomic E-state index is -0.243. The van der Waals surface area contributed by atoms with Crippen molar-refractivity contribution in [1.82, 2.24) is 9.97 Å². The fourth-order valence-electron chi connectivity index (χ4n) is 4.17. The number of aliphatic hydroxyl groups excluding tert-OH is 1. The second-order valence-electron chi connectivity index (χ2n) is 7.12. The Morgan fingerprint density at radius 1 is 1.17 bits per heavy atom. The normalized spacial score (nSPS) is 27.6. The third-order valence-corrected chi connectivity index (χ3v) is 5.39. The molecule has 0 aromatic carbocycles. The Kier molecular flexibility index (Phi) is 4.11. The first-order valence-electron chi connectivity index (χ1n) is 8.89. The quantitative estimate of drug-likeness (QED) is 0.893. The lowest BCUT2D eigenvalue weighted by molar-refractivity contribution is -0.0505. The Morgan fingerprint density at radius 3 is 2.87 bits per heavy atom. The molecule has 0 radical (unpaired) electrons. The molecule has 0 amide bonds. The summed E-state index contributed by atoms with van der Waals surface area (Å²) in [5, 5.41) is 9.89. The Bertz CT molecular complexity index is 547. The first-order chi connectivity index (χ1) is 11.2. The van der Waals surface area contributed by atoms with Crippen molar-refractivity contribution in [2.75, 3.05) is 42.6 Å². The van der Waals surface area contributed by atoms with Crippen molar-refractivity contribution in [3.05, 3.63) is 12.3 Å². The van der Waals surface area contributed by atoms with Gasteiger partial charge in [-0.3, -0.25) is 0 Å². The lowest BCUT2D eigenvalue weighted by Crippen LogP contribution is -2.51. The van der Waals surface area contributed by atoms with Crippen LogP contribution in [0.15, 0.2) is 12.3 Å². The average molecular weight is 318 g/mol. The summed E-state index contributed by atoms with van der Waals surface area (Å²) in [7, 11) is 0. The fraction of sp³-hybridized carbons (Fsp3) is 0.765. The molecule has 6 heteroatoms. The van der Waals surface area contributed by atoms with Crippen molar-refractivity contribution in [2.24, 2.45) is 0 Å². The van der Waals surface area contributed by atoms with E-state index in [0.29, 0.717) is 6.54 Å². The van der Waals surface area contributed by atoms with E-state index in [4.69, 9.17) is 9.72 Å². The van der Waals surface area contributed by atoms with E-state index in [9.17, 15) is 5.11 Å². The number of piperidine rings is 1. The van der Waals surface area contributed by atoms with E-state index < -0.39 is 0 Å². The lowest BCUT2D eigenvalue weighted by atomic mass is 10.00. The Labute approximate surface area is 137 Å². The largest absolute Gasteiger partial charge is 0.391 e. The maximum Gasteiger partial charge on any atom is 0.227 e. The van der Waals surface area contributed by atoms with Gasteiger partial charge in [0.05, 0.1) is 18.3 Å². The zero-order valence-electron chi connectivity index (χ0n) is 13.7. The van der Waals surface area contributed by atoms with Crippen LogP contribution in [0.3, 0.4) is 0 Å². The van der Waals surface area contributed by atoms with Crippen LogP contribution in [0.5, 0.6) is 0 Å². The maximum atomic E-state index is 9.89. The van der Waals surface area contributed by atoms with Crippen molar-refractivity contribution >= 4 is 11.8 Å². The van der Waals surface area contributed by atoms with Crippen molar-refractivity contribution in [2.45, 2.75) is 50.2 Å². The van der Waals surface area contributed by atoms with Gasteiger partial charge < -0.3 is 19.6 Å². The maximum absolute atomic E-state index is 9.89. The van der Waals surface area contributed by atoms with Crippen LogP contribution in [0.4, 0.5) is 11.8 Å². The molecule has 126 valence electrons. The molecule has 1 aromatic heterocycles. The predicted molar refractivity (Wildman–Crippen MR) is 88.8 cm³/mol. The van der Waals surface area contributed by atoms with Crippen LogP contribution in [0.25, 0.3) is 0 Å². The SMILES string of the molecule is OC1CCCN(c2ccnc(N3CCOC4(CCCC4)C3)n2)C1. The van der Waals surface area contributed by atoms with Crippen molar-refractivity contribution < 1.29 is 9.84 Å². The number of morpholine rings is 1. The molecule has 1 N–H and O–H groups in total. The average Bonchev–Trinajstić information content (AvgIpc) is 3.03. The van der Waals surface area contributed by atoms with E-state index in [1.165, 1.54) is 12.8 Å². The van der Waals surface area contributed by atoms with Crippen LogP contribution >= 0.6 is 0 Å². The smallest absolute Gasteiger partial charge is 0.227 e. The zero-order valence-corrected chi connectivity index (χ0v) is 13.7. The predicted octanol–water partition coefficient (Wildman–Crippen LogP) is 1.59. The molecule has 1 spiro atoms. The van der Waals surface area contributed by atoms with Crippen molar-refractivity contribution in [3.63, 3.8) is 0 Å². The van der Waals surface area contributed by atoms with Gasteiger partial charge in [-0.15, -0.1) is 0 Å². The van der Waals surface area contributed by atoms with Crippen molar-refractivity contribution in [1.29, 1.82) is 0 Å². The van der Waals surface area contributed by atoms with Gasteiger partial charge in [0.2, 0.25) is 5.95 Å². The molecule has 2 aliphatic heterocycles. The van der Waals surface area contributed by atoms with Crippen LogP contribution < -0.4 is 9.80 Å². The van der Waals surface area contributed by atoms with Crippen LogP contribution in [0.2, 0.25) is 0 Å². The molecule has 1 saturated carbocycles. The van der Waals surface area contributed by atoms with E-state index in [1.54, 1.807) is 0 Å². The van der Waals surface area contributed by atoms with Crippen molar-refractivity contribution in [3.8, 4) is 0 Å². The number of anilines is 2. The molecule has 3 fully saturated rings. The van der Waals surface area contributed by atoms with Crippen LogP contribution in [0.1, 0.15) is 38.5 Å². The van der Waals surface area contributed by atoms with Gasteiger partial charge >= 0.3 is 0 Å². The van der Waals surface area contributed by atoms with Gasteiger partial charge in [-0.1, -0.05) is 12.8 Å². The minimum absolute atomic E-state index is 0.0267. The van der Waals surface area contributed by atoms with E-state index in [1.807, 2.05) is 12.3 Å². The van der Waals surface area contributed by atoms with Gasteiger partial charge in [0, 0.05) is 32.4 Å². The monoisotopic (exact) mass is 318 g/mol. The standard InChI is InChI=1S/C17H26N4O2/c22-14-4-3-9-20(12-14)15-5-8-18-16(19-15)21-10-11-23-17(13-21)6-1-2-7-17/h5,8,14,22H,1-4,6-7,9-13H2.